The molecule has 1 fully saturated rings. The normalized spacial score (nSPS) is 15.2. The summed E-state index contributed by atoms with van der Waals surface area (Å²) < 4.78 is 0. The average Bonchev–Trinajstić information content (AvgIpc) is 3.00. The molecule has 1 aromatic rings. The zero-order valence-corrected chi connectivity index (χ0v) is 14.0. The van der Waals surface area contributed by atoms with Gasteiger partial charge in [-0.25, -0.2) is 4.79 Å². The molecule has 1 saturated heterocycles. The van der Waals surface area contributed by atoms with Crippen LogP contribution in [0.15, 0.2) is 30.3 Å². The summed E-state index contributed by atoms with van der Waals surface area (Å²) in [4.78, 5) is 37.2. The number of nitrogens with two attached hydrogens (primary N) is 1. The van der Waals surface area contributed by atoms with Crippen LogP contribution in [0.4, 0.5) is 4.79 Å². The van der Waals surface area contributed by atoms with Crippen LogP contribution in [-0.4, -0.2) is 49.4 Å². The van der Waals surface area contributed by atoms with Gasteiger partial charge in [0.15, 0.2) is 6.04 Å². The van der Waals surface area contributed by atoms with Crippen LogP contribution >= 0.6 is 0 Å². The first-order chi connectivity index (χ1) is 11.6. The molecule has 1 atom stereocenters. The summed E-state index contributed by atoms with van der Waals surface area (Å²) in [6.07, 6.45) is 2.39. The molecule has 4 N–H and O–H groups in total. The number of amides is 4. The van der Waals surface area contributed by atoms with Crippen molar-refractivity contribution in [3.05, 3.63) is 35.9 Å². The Bertz CT molecular complexity index is 576. The van der Waals surface area contributed by atoms with Crippen molar-refractivity contribution >= 4 is 17.8 Å². The first kappa shape index (κ1) is 17.9. The molecular weight excluding hydrogens is 308 g/mol. The van der Waals surface area contributed by atoms with Crippen molar-refractivity contribution in [2.45, 2.75) is 25.3 Å². The Morgan fingerprint density at radius 1 is 1.29 bits per heavy atom. The predicted molar refractivity (Wildman–Crippen MR) is 89.0 cm³/mol. The molecule has 0 aliphatic carbocycles. The van der Waals surface area contributed by atoms with Gasteiger partial charge in [-0.3, -0.25) is 14.9 Å². The van der Waals surface area contributed by atoms with Crippen molar-refractivity contribution in [2.75, 3.05) is 26.7 Å². The van der Waals surface area contributed by atoms with Gasteiger partial charge >= 0.3 is 6.03 Å². The largest absolute Gasteiger partial charge is 0.342 e. The van der Waals surface area contributed by atoms with E-state index in [0.717, 1.165) is 24.9 Å². The van der Waals surface area contributed by atoms with E-state index >= 15 is 0 Å². The van der Waals surface area contributed by atoms with E-state index in [4.69, 9.17) is 0 Å². The van der Waals surface area contributed by atoms with E-state index in [1.165, 1.54) is 7.05 Å². The van der Waals surface area contributed by atoms with Gasteiger partial charge in [0.1, 0.15) is 0 Å². The maximum absolute atomic E-state index is 12.3. The standard InChI is InChI=1S/C17H24N4O3/c1-18-17(24)20-16(23)15(13-7-3-2-4-8-13)19-10-6-12-21-11-5-9-14(21)22/h2-4,7-8,15,19H,5-6,9-12H2,1H3,(H2,18,20,23,24)/p+1/t15-/m1/s1. The molecule has 0 spiro atoms. The van der Waals surface area contributed by atoms with Gasteiger partial charge in [0.25, 0.3) is 5.91 Å². The van der Waals surface area contributed by atoms with Crippen LogP contribution in [0, 0.1) is 0 Å². The summed E-state index contributed by atoms with van der Waals surface area (Å²) in [6, 6.07) is 8.35. The Morgan fingerprint density at radius 2 is 2.04 bits per heavy atom. The van der Waals surface area contributed by atoms with Gasteiger partial charge in [-0.1, -0.05) is 30.3 Å². The van der Waals surface area contributed by atoms with E-state index in [0.29, 0.717) is 19.5 Å². The summed E-state index contributed by atoms with van der Waals surface area (Å²) in [5, 5.41) is 6.63. The van der Waals surface area contributed by atoms with Gasteiger partial charge in [0.2, 0.25) is 5.91 Å². The van der Waals surface area contributed by atoms with Crippen molar-refractivity contribution in [3.63, 3.8) is 0 Å². The lowest BCUT2D eigenvalue weighted by Crippen LogP contribution is -2.88. The summed E-state index contributed by atoms with van der Waals surface area (Å²) >= 11 is 0. The van der Waals surface area contributed by atoms with E-state index in [-0.39, 0.29) is 11.8 Å². The van der Waals surface area contributed by atoms with Gasteiger partial charge < -0.3 is 15.5 Å². The van der Waals surface area contributed by atoms with Crippen LogP contribution in [0.5, 0.6) is 0 Å². The third kappa shape index (κ3) is 5.06. The number of likely N-dealkylation sites (tertiary alicyclic amines) is 1. The summed E-state index contributed by atoms with van der Waals surface area (Å²) in [5.74, 6) is -0.134. The number of hydrogen-bond donors (Lipinski definition) is 3. The fourth-order valence-corrected chi connectivity index (χ4v) is 2.81. The molecule has 0 aromatic heterocycles. The molecule has 1 aromatic carbocycles. The lowest BCUT2D eigenvalue weighted by molar-refractivity contribution is -0.683. The third-order valence-corrected chi connectivity index (χ3v) is 4.11. The minimum absolute atomic E-state index is 0.215. The van der Waals surface area contributed by atoms with E-state index in [1.54, 1.807) is 0 Å². The topological polar surface area (TPSA) is 95.1 Å². The van der Waals surface area contributed by atoms with Gasteiger partial charge in [0, 0.05) is 38.5 Å². The Labute approximate surface area is 141 Å². The Balaban J connectivity index is 1.89. The number of benzene rings is 1. The molecule has 7 nitrogen and oxygen atoms in total. The summed E-state index contributed by atoms with van der Waals surface area (Å²) in [7, 11) is 1.47. The van der Waals surface area contributed by atoms with Crippen molar-refractivity contribution in [3.8, 4) is 0 Å². The zero-order chi connectivity index (χ0) is 17.4. The van der Waals surface area contributed by atoms with E-state index in [2.05, 4.69) is 10.6 Å². The summed E-state index contributed by atoms with van der Waals surface area (Å²) in [6.45, 7) is 2.25. The van der Waals surface area contributed by atoms with Gasteiger partial charge in [-0.15, -0.1) is 0 Å². The monoisotopic (exact) mass is 333 g/mol. The molecule has 0 radical (unpaired) electrons. The highest BCUT2D eigenvalue weighted by Crippen LogP contribution is 2.10. The van der Waals surface area contributed by atoms with Crippen LogP contribution in [-0.2, 0) is 9.59 Å². The fraction of sp³-hybridized carbons (Fsp3) is 0.471. The number of hydrogen-bond acceptors (Lipinski definition) is 3. The van der Waals surface area contributed by atoms with Gasteiger partial charge in [-0.05, 0) is 6.42 Å². The second-order valence-electron chi connectivity index (χ2n) is 5.82. The number of urea groups is 1. The fourth-order valence-electron chi connectivity index (χ4n) is 2.81. The van der Waals surface area contributed by atoms with Gasteiger partial charge in [0.05, 0.1) is 6.54 Å². The maximum Gasteiger partial charge on any atom is 0.321 e. The van der Waals surface area contributed by atoms with E-state index in [9.17, 15) is 14.4 Å². The highest BCUT2D eigenvalue weighted by molar-refractivity contribution is 5.96. The number of quaternary nitrogens is 1. The molecule has 0 bridgehead atoms. The number of imide groups is 1. The van der Waals surface area contributed by atoms with Crippen LogP contribution in [0.25, 0.3) is 0 Å². The molecule has 4 amide bonds. The molecular formula is C17H25N4O3+. The predicted octanol–water partition coefficient (Wildman–Crippen LogP) is -0.241. The molecule has 1 aliphatic rings. The zero-order valence-electron chi connectivity index (χ0n) is 14.0. The van der Waals surface area contributed by atoms with Crippen LogP contribution in [0.3, 0.4) is 0 Å². The van der Waals surface area contributed by atoms with E-state index in [1.807, 2.05) is 40.5 Å². The van der Waals surface area contributed by atoms with E-state index < -0.39 is 12.1 Å². The van der Waals surface area contributed by atoms with Crippen molar-refractivity contribution in [1.82, 2.24) is 15.5 Å². The minimum atomic E-state index is -0.517. The maximum atomic E-state index is 12.3. The number of nitrogens with zero attached hydrogens (tertiary/aromatic N) is 1. The second-order valence-corrected chi connectivity index (χ2v) is 5.82. The summed E-state index contributed by atoms with van der Waals surface area (Å²) in [5.41, 5.74) is 0.844. The van der Waals surface area contributed by atoms with Crippen molar-refractivity contribution in [2.24, 2.45) is 0 Å². The number of carbonyl (C=O) groups excluding carboxylic acids is 3. The molecule has 0 saturated carbocycles. The highest BCUT2D eigenvalue weighted by atomic mass is 16.2. The van der Waals surface area contributed by atoms with Crippen LogP contribution < -0.4 is 16.0 Å². The van der Waals surface area contributed by atoms with Crippen LogP contribution in [0.2, 0.25) is 0 Å². The molecule has 1 heterocycles. The second kappa shape index (κ2) is 9.02. The van der Waals surface area contributed by atoms with Gasteiger partial charge in [-0.2, -0.15) is 0 Å². The SMILES string of the molecule is CNC(=O)NC(=O)[C@H]([NH2+]CCCN1CCCC1=O)c1ccccc1. The molecule has 2 rings (SSSR count). The third-order valence-electron chi connectivity index (χ3n) is 4.11. The van der Waals surface area contributed by atoms with Crippen molar-refractivity contribution in [1.29, 1.82) is 0 Å². The Morgan fingerprint density at radius 3 is 2.67 bits per heavy atom. The molecule has 1 aliphatic heterocycles. The first-order valence-corrected chi connectivity index (χ1v) is 8.30. The lowest BCUT2D eigenvalue weighted by atomic mass is 10.1. The number of carbonyl (C=O) groups is 3. The Hall–Kier alpha value is -2.41. The quantitative estimate of drug-likeness (QED) is 0.601. The highest BCUT2D eigenvalue weighted by Gasteiger charge is 2.25. The molecule has 0 unspecified atom stereocenters. The average molecular weight is 333 g/mol. The number of nitrogens with one attached hydrogen (secondary N) is 2. The molecule has 24 heavy (non-hydrogen) atoms. The Kier molecular flexibility index (Phi) is 6.74. The van der Waals surface area contributed by atoms with Crippen molar-refractivity contribution < 1.29 is 19.7 Å². The first-order valence-electron chi connectivity index (χ1n) is 8.30. The molecule has 130 valence electrons. The lowest BCUT2D eigenvalue weighted by Gasteiger charge is -2.17. The molecule has 7 heteroatoms. The smallest absolute Gasteiger partial charge is 0.321 e. The van der Waals surface area contributed by atoms with Crippen LogP contribution in [0.1, 0.15) is 30.9 Å². The minimum Gasteiger partial charge on any atom is -0.342 e. The number of rotatable bonds is 7.